The topological polar surface area (TPSA) is 66.5 Å². The zero-order valence-corrected chi connectivity index (χ0v) is 16.9. The number of hydrogen-bond acceptors (Lipinski definition) is 3. The van der Waals surface area contributed by atoms with E-state index in [0.29, 0.717) is 12.1 Å². The van der Waals surface area contributed by atoms with Crippen molar-refractivity contribution in [1.82, 2.24) is 4.72 Å². The molecule has 1 aliphatic carbocycles. The van der Waals surface area contributed by atoms with Crippen LogP contribution in [-0.4, -0.2) is 27.9 Å². The molecule has 0 heterocycles. The minimum atomic E-state index is -3.58. The molecular weight excluding hydrogens is 372 g/mol. The number of nitrogens with zero attached hydrogens (tertiary/aromatic N) is 1. The summed E-state index contributed by atoms with van der Waals surface area (Å²) in [6.07, 6.45) is 7.53. The van der Waals surface area contributed by atoms with Gasteiger partial charge in [0.25, 0.3) is 5.91 Å². The number of amides is 1. The summed E-state index contributed by atoms with van der Waals surface area (Å²) in [5.74, 6) is -0.188. The molecule has 0 radical (unpaired) electrons. The Labute approximate surface area is 167 Å². The molecule has 0 bridgehead atoms. The Morgan fingerprint density at radius 2 is 1.75 bits per heavy atom. The van der Waals surface area contributed by atoms with E-state index in [2.05, 4.69) is 10.8 Å². The minimum Gasteiger partial charge on any atom is -0.311 e. The fourth-order valence-corrected chi connectivity index (χ4v) is 4.33. The molecule has 2 aromatic carbocycles. The van der Waals surface area contributed by atoms with Gasteiger partial charge in [0.15, 0.2) is 0 Å². The lowest BCUT2D eigenvalue weighted by Gasteiger charge is -2.17. The fraction of sp³-hybridized carbons (Fsp3) is 0.318. The average Bonchev–Trinajstić information content (AvgIpc) is 2.74. The summed E-state index contributed by atoms with van der Waals surface area (Å²) < 4.78 is 27.6. The molecule has 0 spiro atoms. The number of rotatable bonds is 7. The van der Waals surface area contributed by atoms with Gasteiger partial charge in [0.2, 0.25) is 10.0 Å². The van der Waals surface area contributed by atoms with Crippen molar-refractivity contribution in [1.29, 1.82) is 0 Å². The molecule has 148 valence electrons. The number of benzene rings is 2. The second-order valence-electron chi connectivity index (χ2n) is 6.98. The van der Waals surface area contributed by atoms with Gasteiger partial charge in [0.05, 0.1) is 4.90 Å². The summed E-state index contributed by atoms with van der Waals surface area (Å²) in [5, 5.41) is 0. The van der Waals surface area contributed by atoms with Gasteiger partial charge in [-0.3, -0.25) is 4.79 Å². The third-order valence-corrected chi connectivity index (χ3v) is 6.46. The van der Waals surface area contributed by atoms with Crippen LogP contribution in [0.25, 0.3) is 0 Å². The second kappa shape index (κ2) is 9.17. The Kier molecular flexibility index (Phi) is 6.65. The van der Waals surface area contributed by atoms with E-state index in [0.717, 1.165) is 24.9 Å². The van der Waals surface area contributed by atoms with Crippen LogP contribution in [0.1, 0.15) is 42.5 Å². The smallest absolute Gasteiger partial charge is 0.258 e. The fourth-order valence-electron chi connectivity index (χ4n) is 3.30. The number of nitrogens with one attached hydrogen (secondary N) is 1. The van der Waals surface area contributed by atoms with E-state index in [1.54, 1.807) is 24.1 Å². The van der Waals surface area contributed by atoms with Crippen molar-refractivity contribution in [2.24, 2.45) is 0 Å². The van der Waals surface area contributed by atoms with Crippen molar-refractivity contribution in [3.8, 4) is 0 Å². The second-order valence-corrected chi connectivity index (χ2v) is 8.75. The van der Waals surface area contributed by atoms with E-state index < -0.39 is 10.0 Å². The third kappa shape index (κ3) is 5.09. The number of allylic oxidation sites excluding steroid dienone is 1. The monoisotopic (exact) mass is 398 g/mol. The van der Waals surface area contributed by atoms with Crippen molar-refractivity contribution in [3.05, 3.63) is 71.8 Å². The number of carbonyl (C=O) groups is 1. The molecule has 0 aliphatic heterocycles. The Bertz CT molecular complexity index is 936. The molecular formula is C22H26N2O3S. The summed E-state index contributed by atoms with van der Waals surface area (Å²) in [6, 6.07) is 15.4. The number of hydrogen-bond donors (Lipinski definition) is 1. The molecule has 2 aromatic rings. The first-order valence-electron chi connectivity index (χ1n) is 9.58. The maximum atomic E-state index is 12.6. The van der Waals surface area contributed by atoms with Crippen molar-refractivity contribution in [2.75, 3.05) is 18.5 Å². The third-order valence-electron chi connectivity index (χ3n) is 4.98. The molecule has 0 saturated heterocycles. The van der Waals surface area contributed by atoms with Crippen LogP contribution in [0.15, 0.2) is 71.1 Å². The van der Waals surface area contributed by atoms with Crippen LogP contribution in [0, 0.1) is 0 Å². The van der Waals surface area contributed by atoms with Crippen LogP contribution in [0.2, 0.25) is 0 Å². The van der Waals surface area contributed by atoms with E-state index in [1.165, 1.54) is 30.5 Å². The van der Waals surface area contributed by atoms with E-state index in [4.69, 9.17) is 0 Å². The van der Waals surface area contributed by atoms with Gasteiger partial charge in [-0.15, -0.1) is 0 Å². The SMILES string of the molecule is CN(C(=O)c1ccc(S(=O)(=O)NCCC2=CCCCC2)cc1)c1ccccc1. The Balaban J connectivity index is 1.62. The molecule has 6 heteroatoms. The Morgan fingerprint density at radius 3 is 2.39 bits per heavy atom. The van der Waals surface area contributed by atoms with Crippen LogP contribution in [0.5, 0.6) is 0 Å². The number of anilines is 1. The summed E-state index contributed by atoms with van der Waals surface area (Å²) >= 11 is 0. The van der Waals surface area contributed by atoms with E-state index >= 15 is 0 Å². The highest BCUT2D eigenvalue weighted by Gasteiger charge is 2.17. The number of carbonyl (C=O) groups excluding carboxylic acids is 1. The molecule has 5 nitrogen and oxygen atoms in total. The summed E-state index contributed by atoms with van der Waals surface area (Å²) in [6.45, 7) is 0.394. The first-order chi connectivity index (χ1) is 13.5. The van der Waals surface area contributed by atoms with Gasteiger partial charge in [-0.05, 0) is 68.5 Å². The maximum Gasteiger partial charge on any atom is 0.258 e. The first-order valence-corrected chi connectivity index (χ1v) is 11.1. The predicted molar refractivity (Wildman–Crippen MR) is 112 cm³/mol. The summed E-state index contributed by atoms with van der Waals surface area (Å²) in [4.78, 5) is 14.3. The summed E-state index contributed by atoms with van der Waals surface area (Å²) in [5.41, 5.74) is 2.55. The summed E-state index contributed by atoms with van der Waals surface area (Å²) in [7, 11) is -1.88. The standard InChI is InChI=1S/C22H26N2O3S/c1-24(20-10-6-3-7-11-20)22(25)19-12-14-21(15-13-19)28(26,27)23-17-16-18-8-4-2-5-9-18/h3,6-8,10-15,23H,2,4-5,9,16-17H2,1H3. The molecule has 1 N–H and O–H groups in total. The predicted octanol–water partition coefficient (Wildman–Crippen LogP) is 4.13. The number of sulfonamides is 1. The quantitative estimate of drug-likeness (QED) is 0.713. The van der Waals surface area contributed by atoms with Crippen LogP contribution in [0.3, 0.4) is 0 Å². The lowest BCUT2D eigenvalue weighted by molar-refractivity contribution is 0.0993. The Hall–Kier alpha value is -2.44. The lowest BCUT2D eigenvalue weighted by atomic mass is 9.97. The van der Waals surface area contributed by atoms with Crippen molar-refractivity contribution >= 4 is 21.6 Å². The van der Waals surface area contributed by atoms with Gasteiger partial charge < -0.3 is 4.90 Å². The maximum absolute atomic E-state index is 12.6. The van der Waals surface area contributed by atoms with Crippen LogP contribution in [-0.2, 0) is 10.0 Å². The van der Waals surface area contributed by atoms with Crippen LogP contribution >= 0.6 is 0 Å². The lowest BCUT2D eigenvalue weighted by Crippen LogP contribution is -2.27. The van der Waals surface area contributed by atoms with Crippen LogP contribution < -0.4 is 9.62 Å². The average molecular weight is 399 g/mol. The Morgan fingerprint density at radius 1 is 1.04 bits per heavy atom. The molecule has 1 amide bonds. The molecule has 0 saturated carbocycles. The van der Waals surface area contributed by atoms with Gasteiger partial charge in [-0.2, -0.15) is 0 Å². The van der Waals surface area contributed by atoms with Crippen molar-refractivity contribution < 1.29 is 13.2 Å². The molecule has 0 atom stereocenters. The van der Waals surface area contributed by atoms with E-state index in [9.17, 15) is 13.2 Å². The molecule has 0 unspecified atom stereocenters. The van der Waals surface area contributed by atoms with Crippen molar-refractivity contribution in [3.63, 3.8) is 0 Å². The van der Waals surface area contributed by atoms with E-state index in [1.807, 2.05) is 30.3 Å². The molecule has 3 rings (SSSR count). The van der Waals surface area contributed by atoms with Gasteiger partial charge in [0, 0.05) is 24.8 Å². The number of para-hydroxylation sites is 1. The zero-order valence-electron chi connectivity index (χ0n) is 16.1. The molecule has 28 heavy (non-hydrogen) atoms. The van der Waals surface area contributed by atoms with Gasteiger partial charge >= 0.3 is 0 Å². The molecule has 0 fully saturated rings. The van der Waals surface area contributed by atoms with Gasteiger partial charge in [-0.25, -0.2) is 13.1 Å². The van der Waals surface area contributed by atoms with E-state index in [-0.39, 0.29) is 10.8 Å². The van der Waals surface area contributed by atoms with Gasteiger partial charge in [0.1, 0.15) is 0 Å². The van der Waals surface area contributed by atoms with Crippen LogP contribution in [0.4, 0.5) is 5.69 Å². The van der Waals surface area contributed by atoms with Crippen molar-refractivity contribution in [2.45, 2.75) is 37.0 Å². The largest absolute Gasteiger partial charge is 0.311 e. The molecule has 1 aliphatic rings. The molecule has 0 aromatic heterocycles. The van der Waals surface area contributed by atoms with Gasteiger partial charge in [-0.1, -0.05) is 29.8 Å². The minimum absolute atomic E-state index is 0.170. The highest BCUT2D eigenvalue weighted by molar-refractivity contribution is 7.89. The normalized spacial score (nSPS) is 14.4. The highest BCUT2D eigenvalue weighted by Crippen LogP contribution is 2.20. The highest BCUT2D eigenvalue weighted by atomic mass is 32.2. The zero-order chi connectivity index (χ0) is 20.0. The first kappa shape index (κ1) is 20.3.